The molecule has 0 aromatic heterocycles. The van der Waals surface area contributed by atoms with Crippen LogP contribution in [-0.4, -0.2) is 31.5 Å². The maximum atomic E-state index is 15.2. The topological polar surface area (TPSA) is 27.7 Å². The molecule has 0 atom stereocenters. The van der Waals surface area contributed by atoms with E-state index in [9.17, 15) is 8.78 Å². The van der Waals surface area contributed by atoms with Gasteiger partial charge in [0, 0.05) is 0 Å². The molecule has 0 aliphatic carbocycles. The van der Waals surface area contributed by atoms with Gasteiger partial charge < -0.3 is 14.0 Å². The minimum atomic E-state index is -1.22. The lowest BCUT2D eigenvalue weighted by atomic mass is 9.82. The molecule has 2 rings (SSSR count). The van der Waals surface area contributed by atoms with Gasteiger partial charge in [-0.25, -0.2) is 13.2 Å². The average Bonchev–Trinajstić information content (AvgIpc) is 2.78. The molecule has 1 saturated heterocycles. The summed E-state index contributed by atoms with van der Waals surface area (Å²) < 4.78 is 58.9. The third-order valence-corrected chi connectivity index (χ3v) is 4.75. The number of rotatable bonds is 7. The Morgan fingerprint density at radius 1 is 1.15 bits per heavy atom. The minimum Gasteiger partial charge on any atom is -0.398 e. The monoisotopic (exact) mass is 368 g/mol. The molecule has 1 fully saturated rings. The molecule has 7 heteroatoms. The van der Waals surface area contributed by atoms with Crippen LogP contribution in [0.2, 0.25) is 0 Å². The first-order valence-electron chi connectivity index (χ1n) is 8.47. The van der Waals surface area contributed by atoms with Crippen LogP contribution < -0.4 is 0 Å². The van der Waals surface area contributed by atoms with Crippen LogP contribution in [0, 0.1) is 11.6 Å². The zero-order valence-electron chi connectivity index (χ0n) is 15.6. The Kier molecular flexibility index (Phi) is 6.37. The van der Waals surface area contributed by atoms with Crippen LogP contribution in [0.5, 0.6) is 0 Å². The highest BCUT2D eigenvalue weighted by molar-refractivity contribution is 6.55. The lowest BCUT2D eigenvalue weighted by molar-refractivity contribution is 0.00578. The summed E-state index contributed by atoms with van der Waals surface area (Å²) in [5.41, 5.74) is -1.72. The summed E-state index contributed by atoms with van der Waals surface area (Å²) in [7, 11) is -1.22. The average molecular weight is 368 g/mol. The van der Waals surface area contributed by atoms with E-state index in [-0.39, 0.29) is 24.2 Å². The van der Waals surface area contributed by atoms with Gasteiger partial charge in [-0.2, -0.15) is 0 Å². The second-order valence-corrected chi connectivity index (χ2v) is 7.16. The highest BCUT2D eigenvalue weighted by atomic mass is 19.2. The molecule has 0 radical (unpaired) electrons. The van der Waals surface area contributed by atoms with Crippen molar-refractivity contribution in [2.24, 2.45) is 0 Å². The first-order chi connectivity index (χ1) is 12.1. The molecule has 0 unspecified atom stereocenters. The maximum Gasteiger partial charge on any atom is 0.525 e. The summed E-state index contributed by atoms with van der Waals surface area (Å²) in [6.45, 7) is 11.3. The molecule has 1 aromatic carbocycles. The van der Waals surface area contributed by atoms with E-state index in [4.69, 9.17) is 14.0 Å². The Balaban J connectivity index is 2.36. The normalized spacial score (nSPS) is 19.4. The van der Waals surface area contributed by atoms with Gasteiger partial charge in [0.2, 0.25) is 0 Å². The second kappa shape index (κ2) is 7.98. The summed E-state index contributed by atoms with van der Waals surface area (Å²) in [6, 6.07) is 3.25. The second-order valence-electron chi connectivity index (χ2n) is 7.16. The van der Waals surface area contributed by atoms with Crippen molar-refractivity contribution in [2.45, 2.75) is 45.3 Å². The van der Waals surface area contributed by atoms with Gasteiger partial charge in [-0.05, 0) is 57.4 Å². The van der Waals surface area contributed by atoms with Crippen molar-refractivity contribution in [1.82, 2.24) is 0 Å². The van der Waals surface area contributed by atoms with Gasteiger partial charge in [0.05, 0.1) is 24.4 Å². The predicted octanol–water partition coefficient (Wildman–Crippen LogP) is 4.87. The van der Waals surface area contributed by atoms with Gasteiger partial charge >= 0.3 is 7.12 Å². The first-order valence-corrected chi connectivity index (χ1v) is 8.47. The van der Waals surface area contributed by atoms with Gasteiger partial charge in [0.15, 0.2) is 11.6 Å². The van der Waals surface area contributed by atoms with Crippen molar-refractivity contribution in [2.75, 3.05) is 13.2 Å². The highest BCUT2D eigenvalue weighted by Crippen LogP contribution is 2.40. The summed E-state index contributed by atoms with van der Waals surface area (Å²) in [6.07, 6.45) is 1.72. The van der Waals surface area contributed by atoms with E-state index in [1.54, 1.807) is 6.08 Å². The Labute approximate surface area is 153 Å². The van der Waals surface area contributed by atoms with Crippen LogP contribution in [0.15, 0.2) is 36.6 Å². The predicted molar refractivity (Wildman–Crippen MR) is 96.1 cm³/mol. The third-order valence-electron chi connectivity index (χ3n) is 4.75. The molecule has 1 heterocycles. The van der Waals surface area contributed by atoms with Gasteiger partial charge in [0.1, 0.15) is 5.73 Å². The summed E-state index contributed by atoms with van der Waals surface area (Å²) >= 11 is 0. The SMILES string of the molecule is C=CCOCCC(=C(F)B1OC(C)(C)C(C)(C)O1)c1ccc(F)c(F)c1. The fourth-order valence-corrected chi connectivity index (χ4v) is 2.52. The first kappa shape index (κ1) is 20.7. The van der Waals surface area contributed by atoms with Crippen LogP contribution in [0.4, 0.5) is 13.2 Å². The fourth-order valence-electron chi connectivity index (χ4n) is 2.52. The van der Waals surface area contributed by atoms with Crippen molar-refractivity contribution in [1.29, 1.82) is 0 Å². The summed E-state index contributed by atoms with van der Waals surface area (Å²) in [4.78, 5) is 0. The molecular formula is C19H24BF3O3. The van der Waals surface area contributed by atoms with Crippen molar-refractivity contribution < 1.29 is 27.2 Å². The number of ether oxygens (including phenoxy) is 1. The fraction of sp³-hybridized carbons (Fsp3) is 0.474. The Morgan fingerprint density at radius 3 is 2.31 bits per heavy atom. The lowest BCUT2D eigenvalue weighted by Gasteiger charge is -2.32. The zero-order valence-corrected chi connectivity index (χ0v) is 15.6. The third kappa shape index (κ3) is 4.39. The van der Waals surface area contributed by atoms with Crippen LogP contribution in [0.3, 0.4) is 0 Å². The Hall–Kier alpha value is -1.57. The van der Waals surface area contributed by atoms with Crippen molar-refractivity contribution >= 4 is 12.7 Å². The van der Waals surface area contributed by atoms with Gasteiger partial charge in [-0.15, -0.1) is 6.58 Å². The molecule has 26 heavy (non-hydrogen) atoms. The van der Waals surface area contributed by atoms with E-state index < -0.39 is 35.7 Å². The van der Waals surface area contributed by atoms with Crippen molar-refractivity contribution in [3.05, 3.63) is 53.8 Å². The van der Waals surface area contributed by atoms with E-state index in [0.717, 1.165) is 12.1 Å². The molecule has 1 aromatic rings. The van der Waals surface area contributed by atoms with Crippen molar-refractivity contribution in [3.63, 3.8) is 0 Å². The Morgan fingerprint density at radius 2 is 1.77 bits per heavy atom. The van der Waals surface area contributed by atoms with E-state index in [0.29, 0.717) is 6.61 Å². The summed E-state index contributed by atoms with van der Waals surface area (Å²) in [5, 5.41) is 0. The number of halogens is 3. The lowest BCUT2D eigenvalue weighted by Crippen LogP contribution is -2.41. The molecule has 0 bridgehead atoms. The molecule has 1 aliphatic rings. The molecule has 0 saturated carbocycles. The van der Waals surface area contributed by atoms with Gasteiger partial charge in [-0.3, -0.25) is 0 Å². The molecule has 1 aliphatic heterocycles. The molecule has 0 spiro atoms. The zero-order chi connectivity index (χ0) is 19.5. The maximum absolute atomic E-state index is 15.2. The smallest absolute Gasteiger partial charge is 0.398 e. The summed E-state index contributed by atoms with van der Waals surface area (Å²) in [5.74, 6) is -2.04. The van der Waals surface area contributed by atoms with Crippen molar-refractivity contribution in [3.8, 4) is 0 Å². The highest BCUT2D eigenvalue weighted by Gasteiger charge is 2.53. The number of benzene rings is 1. The number of hydrogen-bond acceptors (Lipinski definition) is 3. The number of hydrogen-bond donors (Lipinski definition) is 0. The van der Waals surface area contributed by atoms with Crippen LogP contribution in [0.1, 0.15) is 39.7 Å². The van der Waals surface area contributed by atoms with Crippen LogP contribution in [-0.2, 0) is 14.0 Å². The van der Waals surface area contributed by atoms with E-state index in [2.05, 4.69) is 6.58 Å². The van der Waals surface area contributed by atoms with Gasteiger partial charge in [-0.1, -0.05) is 12.1 Å². The quantitative estimate of drug-likeness (QED) is 0.391. The van der Waals surface area contributed by atoms with E-state index in [1.165, 1.54) is 6.07 Å². The molecular weight excluding hydrogens is 344 g/mol. The van der Waals surface area contributed by atoms with Crippen LogP contribution >= 0.6 is 0 Å². The minimum absolute atomic E-state index is 0.148. The Bertz CT molecular complexity index is 685. The van der Waals surface area contributed by atoms with E-state index in [1.807, 2.05) is 27.7 Å². The molecule has 142 valence electrons. The molecule has 3 nitrogen and oxygen atoms in total. The standard InChI is InChI=1S/C19H24BF3O3/c1-6-10-24-11-9-14(13-7-8-15(21)16(22)12-13)17(23)20-25-18(2,3)19(4,5)26-20/h6-8,12H,1,9-11H2,2-5H3. The molecule has 0 amide bonds. The largest absolute Gasteiger partial charge is 0.525 e. The van der Waals surface area contributed by atoms with Crippen LogP contribution in [0.25, 0.3) is 5.57 Å². The van der Waals surface area contributed by atoms with Gasteiger partial charge in [0.25, 0.3) is 0 Å². The van der Waals surface area contributed by atoms with E-state index >= 15 is 4.39 Å². The molecule has 0 N–H and O–H groups in total.